The van der Waals surface area contributed by atoms with Crippen LogP contribution in [0.25, 0.3) is 0 Å². The summed E-state index contributed by atoms with van der Waals surface area (Å²) >= 11 is 0. The van der Waals surface area contributed by atoms with Crippen LogP contribution in [0.2, 0.25) is 0 Å². The van der Waals surface area contributed by atoms with Gasteiger partial charge < -0.3 is 14.4 Å². The highest BCUT2D eigenvalue weighted by Crippen LogP contribution is 2.55. The summed E-state index contributed by atoms with van der Waals surface area (Å²) in [4.78, 5) is 43.1. The fourth-order valence-electron chi connectivity index (χ4n) is 7.31. The molecule has 3 fully saturated rings. The molecule has 2 aliphatic carbocycles. The molecule has 2 aromatic rings. The highest BCUT2D eigenvalue weighted by molar-refractivity contribution is 5.94. The number of carbonyl (C=O) groups is 3. The number of piperidine rings is 1. The summed E-state index contributed by atoms with van der Waals surface area (Å²) in [5, 5.41) is 0. The standard InChI is InChI=1S/C34H44N2O5/c1-24(2)21-36(32(39)28-9-6-5-7-10-28)30-15-16-34(41-26(4)38)23-35(22-27-13-14-27)18-17-33(34,20-30)29-11-8-12-31(19-29)40-25(3)37/h5-12,19,24,27,30H,13-18,20-23H2,1-4H3/t30-,33?,34?/m0/s1. The van der Waals surface area contributed by atoms with E-state index >= 15 is 0 Å². The number of hydrogen-bond donors (Lipinski definition) is 0. The number of likely N-dealkylation sites (tertiary alicyclic amines) is 1. The minimum atomic E-state index is -0.739. The van der Waals surface area contributed by atoms with Gasteiger partial charge in [-0.3, -0.25) is 19.3 Å². The van der Waals surface area contributed by atoms with Gasteiger partial charge in [-0.1, -0.05) is 44.2 Å². The second-order valence-corrected chi connectivity index (χ2v) is 12.8. The molecule has 2 saturated carbocycles. The number of hydrogen-bond acceptors (Lipinski definition) is 6. The highest BCUT2D eigenvalue weighted by atomic mass is 16.6. The van der Waals surface area contributed by atoms with E-state index in [4.69, 9.17) is 9.47 Å². The van der Waals surface area contributed by atoms with Gasteiger partial charge in [0.2, 0.25) is 0 Å². The van der Waals surface area contributed by atoms with Crippen molar-refractivity contribution in [1.82, 2.24) is 9.80 Å². The first-order valence-corrected chi connectivity index (χ1v) is 15.2. The summed E-state index contributed by atoms with van der Waals surface area (Å²) in [6.45, 7) is 10.4. The minimum absolute atomic E-state index is 0.0267. The maximum Gasteiger partial charge on any atom is 0.308 e. The van der Waals surface area contributed by atoms with Crippen LogP contribution in [-0.4, -0.2) is 65.5 Å². The molecule has 220 valence electrons. The van der Waals surface area contributed by atoms with E-state index in [9.17, 15) is 14.4 Å². The summed E-state index contributed by atoms with van der Waals surface area (Å²) in [5.41, 5.74) is 0.417. The maximum atomic E-state index is 14.0. The molecule has 0 spiro atoms. The SMILES string of the molecule is CC(=O)Oc1cccc(C23CCN(CC4CC4)CC2(OC(C)=O)CC[C@H](N(CC(C)C)C(=O)c2ccccc2)C3)c1. The van der Waals surface area contributed by atoms with Gasteiger partial charge in [0.15, 0.2) is 0 Å². The Hall–Kier alpha value is -3.19. The van der Waals surface area contributed by atoms with Crippen LogP contribution < -0.4 is 4.74 Å². The Labute approximate surface area is 244 Å². The molecule has 7 nitrogen and oxygen atoms in total. The third-order valence-corrected chi connectivity index (χ3v) is 9.16. The minimum Gasteiger partial charge on any atom is -0.457 e. The topological polar surface area (TPSA) is 76.2 Å². The van der Waals surface area contributed by atoms with Crippen molar-refractivity contribution >= 4 is 17.8 Å². The second kappa shape index (κ2) is 12.0. The zero-order chi connectivity index (χ0) is 29.2. The number of ether oxygens (including phenoxy) is 2. The molecule has 7 heteroatoms. The summed E-state index contributed by atoms with van der Waals surface area (Å²) in [6.07, 6.45) is 5.41. The van der Waals surface area contributed by atoms with Gasteiger partial charge >= 0.3 is 11.9 Å². The third-order valence-electron chi connectivity index (χ3n) is 9.16. The monoisotopic (exact) mass is 560 g/mol. The van der Waals surface area contributed by atoms with Gasteiger partial charge in [0.1, 0.15) is 11.4 Å². The van der Waals surface area contributed by atoms with E-state index in [1.807, 2.05) is 42.5 Å². The van der Waals surface area contributed by atoms with Crippen LogP contribution in [0.3, 0.4) is 0 Å². The molecule has 0 bridgehead atoms. The van der Waals surface area contributed by atoms with E-state index in [0.29, 0.717) is 43.2 Å². The molecule has 0 N–H and O–H groups in total. The second-order valence-electron chi connectivity index (χ2n) is 12.8. The van der Waals surface area contributed by atoms with Crippen LogP contribution in [0.4, 0.5) is 0 Å². The van der Waals surface area contributed by atoms with Crippen LogP contribution in [0.5, 0.6) is 5.75 Å². The number of carbonyl (C=O) groups excluding carboxylic acids is 3. The van der Waals surface area contributed by atoms with E-state index < -0.39 is 11.0 Å². The van der Waals surface area contributed by atoms with E-state index in [2.05, 4.69) is 29.7 Å². The first kappa shape index (κ1) is 29.3. The van der Waals surface area contributed by atoms with Crippen molar-refractivity contribution in [3.63, 3.8) is 0 Å². The summed E-state index contributed by atoms with van der Waals surface area (Å²) in [7, 11) is 0. The average Bonchev–Trinajstić information content (AvgIpc) is 3.75. The predicted molar refractivity (Wildman–Crippen MR) is 158 cm³/mol. The number of amides is 1. The lowest BCUT2D eigenvalue weighted by Crippen LogP contribution is -2.69. The molecule has 1 heterocycles. The molecule has 41 heavy (non-hydrogen) atoms. The van der Waals surface area contributed by atoms with Gasteiger partial charge in [-0.25, -0.2) is 0 Å². The Morgan fingerprint density at radius 3 is 2.39 bits per heavy atom. The Morgan fingerprint density at radius 2 is 1.73 bits per heavy atom. The van der Waals surface area contributed by atoms with Crippen molar-refractivity contribution in [2.75, 3.05) is 26.2 Å². The Morgan fingerprint density at radius 1 is 0.976 bits per heavy atom. The van der Waals surface area contributed by atoms with Crippen LogP contribution in [-0.2, 0) is 19.7 Å². The van der Waals surface area contributed by atoms with Crippen molar-refractivity contribution in [3.05, 3.63) is 65.7 Å². The Kier molecular flexibility index (Phi) is 8.55. The third kappa shape index (κ3) is 6.35. The maximum absolute atomic E-state index is 14.0. The van der Waals surface area contributed by atoms with Gasteiger partial charge in [-0.2, -0.15) is 0 Å². The van der Waals surface area contributed by atoms with Crippen LogP contribution in [0, 0.1) is 11.8 Å². The van der Waals surface area contributed by atoms with E-state index in [1.165, 1.54) is 26.7 Å². The fraction of sp³-hybridized carbons (Fsp3) is 0.559. The first-order chi connectivity index (χ1) is 19.6. The molecule has 3 atom stereocenters. The summed E-state index contributed by atoms with van der Waals surface area (Å²) < 4.78 is 12.0. The lowest BCUT2D eigenvalue weighted by Gasteiger charge is -2.60. The predicted octanol–water partition coefficient (Wildman–Crippen LogP) is 5.62. The number of esters is 2. The number of rotatable bonds is 9. The number of nitrogens with zero attached hydrogens (tertiary/aromatic N) is 2. The first-order valence-electron chi connectivity index (χ1n) is 15.2. The van der Waals surface area contributed by atoms with Crippen molar-refractivity contribution in [2.45, 2.75) is 83.3 Å². The quantitative estimate of drug-likeness (QED) is 0.293. The molecule has 1 saturated heterocycles. The Bertz CT molecular complexity index is 1260. The van der Waals surface area contributed by atoms with E-state index in [0.717, 1.165) is 37.4 Å². The molecule has 0 aromatic heterocycles. The molecule has 3 aliphatic rings. The average molecular weight is 561 g/mol. The molecular weight excluding hydrogens is 516 g/mol. The van der Waals surface area contributed by atoms with Crippen molar-refractivity contribution in [3.8, 4) is 5.75 Å². The molecular formula is C34H44N2O5. The fourth-order valence-corrected chi connectivity index (χ4v) is 7.31. The molecule has 1 amide bonds. The number of benzene rings is 2. The van der Waals surface area contributed by atoms with Gasteiger partial charge in [-0.15, -0.1) is 0 Å². The van der Waals surface area contributed by atoms with Gasteiger partial charge in [0.25, 0.3) is 5.91 Å². The molecule has 2 aromatic carbocycles. The van der Waals surface area contributed by atoms with Crippen molar-refractivity contribution < 1.29 is 23.9 Å². The van der Waals surface area contributed by atoms with Crippen LogP contribution >= 0.6 is 0 Å². The van der Waals surface area contributed by atoms with E-state index in [-0.39, 0.29) is 23.9 Å². The van der Waals surface area contributed by atoms with Gasteiger partial charge in [0.05, 0.1) is 0 Å². The molecule has 2 unspecified atom stereocenters. The summed E-state index contributed by atoms with van der Waals surface area (Å²) in [6, 6.07) is 17.2. The molecule has 5 rings (SSSR count). The molecule has 0 radical (unpaired) electrons. The van der Waals surface area contributed by atoms with Crippen molar-refractivity contribution in [2.24, 2.45) is 11.8 Å². The normalized spacial score (nSPS) is 26.2. The molecule has 1 aliphatic heterocycles. The largest absolute Gasteiger partial charge is 0.457 e. The van der Waals surface area contributed by atoms with Crippen LogP contribution in [0.15, 0.2) is 54.6 Å². The smallest absolute Gasteiger partial charge is 0.308 e. The lowest BCUT2D eigenvalue weighted by molar-refractivity contribution is -0.189. The zero-order valence-electron chi connectivity index (χ0n) is 24.9. The van der Waals surface area contributed by atoms with E-state index in [1.54, 1.807) is 6.07 Å². The van der Waals surface area contributed by atoms with Crippen molar-refractivity contribution in [1.29, 1.82) is 0 Å². The van der Waals surface area contributed by atoms with Gasteiger partial charge in [-0.05, 0) is 86.7 Å². The Balaban J connectivity index is 1.58. The van der Waals surface area contributed by atoms with Crippen LogP contribution in [0.1, 0.15) is 82.1 Å². The zero-order valence-corrected chi connectivity index (χ0v) is 24.9. The van der Waals surface area contributed by atoms with Gasteiger partial charge in [0, 0.05) is 50.5 Å². The lowest BCUT2D eigenvalue weighted by atomic mass is 9.54. The highest BCUT2D eigenvalue weighted by Gasteiger charge is 2.61. The number of fused-ring (bicyclic) bond motifs is 1. The summed E-state index contributed by atoms with van der Waals surface area (Å²) in [5.74, 6) is 0.902.